The van der Waals surface area contributed by atoms with Gasteiger partial charge in [-0.1, -0.05) is 47.5 Å². The van der Waals surface area contributed by atoms with Crippen molar-refractivity contribution in [2.75, 3.05) is 5.43 Å². The van der Waals surface area contributed by atoms with E-state index in [1.165, 1.54) is 30.3 Å². The zero-order valence-corrected chi connectivity index (χ0v) is 24.2. The van der Waals surface area contributed by atoms with Gasteiger partial charge in [0.15, 0.2) is 0 Å². The van der Waals surface area contributed by atoms with Gasteiger partial charge in [-0.25, -0.2) is 4.39 Å². The molecular weight excluding hydrogens is 589 g/mol. The third-order valence-electron chi connectivity index (χ3n) is 9.79. The van der Waals surface area contributed by atoms with Crippen LogP contribution in [0.25, 0.3) is 0 Å². The number of amides is 4. The van der Waals surface area contributed by atoms with Gasteiger partial charge >= 0.3 is 0 Å². The van der Waals surface area contributed by atoms with Gasteiger partial charge in [0.25, 0.3) is 23.6 Å². The number of phenols is 1. The molecule has 2 aliphatic carbocycles. The number of hydroxylamine groups is 2. The number of hydrogen-bond donors (Lipinski definition) is 3. The van der Waals surface area contributed by atoms with Gasteiger partial charge in [0, 0.05) is 10.9 Å². The predicted octanol–water partition coefficient (Wildman–Crippen LogP) is 4.87. The second kappa shape index (κ2) is 10.0. The van der Waals surface area contributed by atoms with Gasteiger partial charge in [-0.05, 0) is 84.8 Å². The fourth-order valence-corrected chi connectivity index (χ4v) is 8.00. The van der Waals surface area contributed by atoms with Gasteiger partial charge in [0.1, 0.15) is 11.6 Å². The highest BCUT2D eigenvalue weighted by Crippen LogP contribution is 2.64. The van der Waals surface area contributed by atoms with Crippen molar-refractivity contribution < 1.29 is 33.9 Å². The first-order valence-corrected chi connectivity index (χ1v) is 14.6. The maximum atomic E-state index is 14.9. The summed E-state index contributed by atoms with van der Waals surface area (Å²) in [5.41, 5.74) is 4.12. The number of hydrogen-bond acceptors (Lipinski definition) is 7. The van der Waals surface area contributed by atoms with Gasteiger partial charge in [-0.3, -0.25) is 29.8 Å². The van der Waals surface area contributed by atoms with E-state index in [-0.39, 0.29) is 23.7 Å². The third-order valence-corrected chi connectivity index (χ3v) is 10.0. The number of benzene rings is 3. The molecule has 7 rings (SSSR count). The Morgan fingerprint density at radius 3 is 2.32 bits per heavy atom. The molecule has 9 nitrogen and oxygen atoms in total. The summed E-state index contributed by atoms with van der Waals surface area (Å²) in [5.74, 6) is -7.05. The number of hydrazine groups is 1. The summed E-state index contributed by atoms with van der Waals surface area (Å²) in [5, 5.41) is 22.3. The minimum atomic E-state index is -1.52. The number of fused-ring (bicyclic) bond motifs is 4. The van der Waals surface area contributed by atoms with E-state index in [2.05, 4.69) is 5.43 Å². The normalized spacial score (nSPS) is 29.4. The van der Waals surface area contributed by atoms with Crippen LogP contribution in [0.2, 0.25) is 5.02 Å². The molecule has 0 spiro atoms. The van der Waals surface area contributed by atoms with Crippen molar-refractivity contribution in [3.05, 3.63) is 106 Å². The van der Waals surface area contributed by atoms with E-state index >= 15 is 0 Å². The number of halogens is 2. The molecular formula is C33H27ClFN3O6. The van der Waals surface area contributed by atoms with Gasteiger partial charge in [-0.2, -0.15) is 10.1 Å². The third kappa shape index (κ3) is 3.87. The SMILES string of the molecule is Cc1cc([C@H]2C3=CC[C@@H]4C(=O)N(O)C(=O)[C@@H]4[C@@H]3C[C@H]3C(=O)N(Nc4ccc(F)cc4)C(=O)[C@@]23c2ccc(Cl)cc2)ccc1O. The molecule has 0 radical (unpaired) electrons. The van der Waals surface area contributed by atoms with Crippen LogP contribution in [0.4, 0.5) is 10.1 Å². The zero-order chi connectivity index (χ0) is 31.1. The molecule has 0 bridgehead atoms. The van der Waals surface area contributed by atoms with E-state index < -0.39 is 64.5 Å². The molecule has 2 heterocycles. The molecule has 3 N–H and O–H groups in total. The Balaban J connectivity index is 1.47. The van der Waals surface area contributed by atoms with E-state index in [0.29, 0.717) is 33.0 Å². The standard InChI is InChI=1S/C33H27ClFN3O6/c1-16-14-17(2-13-26(16)39)28-22-11-12-23-27(31(42)38(44)29(23)40)24(22)15-25-30(41)37(36-21-9-7-20(35)8-10-21)32(43)33(25,28)18-3-5-19(34)6-4-18/h2-11,13-14,23-25,27-28,36,39,44H,12,15H2,1H3/t23-,24+,25-,27-,28-,33+/m0/s1. The summed E-state index contributed by atoms with van der Waals surface area (Å²) in [4.78, 5) is 55.4. The highest BCUT2D eigenvalue weighted by atomic mass is 35.5. The van der Waals surface area contributed by atoms with E-state index in [1.807, 2.05) is 6.08 Å². The number of rotatable bonds is 4. The van der Waals surface area contributed by atoms with Crippen molar-refractivity contribution in [3.63, 3.8) is 0 Å². The van der Waals surface area contributed by atoms with Crippen LogP contribution in [0, 0.1) is 36.4 Å². The molecule has 3 fully saturated rings. The Bertz CT molecular complexity index is 1780. The first-order valence-electron chi connectivity index (χ1n) is 14.3. The molecule has 44 heavy (non-hydrogen) atoms. The van der Waals surface area contributed by atoms with Crippen LogP contribution >= 0.6 is 11.6 Å². The lowest BCUT2D eigenvalue weighted by atomic mass is 9.49. The smallest absolute Gasteiger partial charge is 0.260 e. The lowest BCUT2D eigenvalue weighted by Crippen LogP contribution is -2.53. The Kier molecular flexibility index (Phi) is 6.42. The highest BCUT2D eigenvalue weighted by molar-refractivity contribution is 6.30. The maximum Gasteiger partial charge on any atom is 0.260 e. The summed E-state index contributed by atoms with van der Waals surface area (Å²) < 4.78 is 13.7. The first kappa shape index (κ1) is 28.2. The van der Waals surface area contributed by atoms with Crippen molar-refractivity contribution in [3.8, 4) is 5.75 Å². The number of nitrogens with one attached hydrogen (secondary N) is 1. The number of aryl methyl sites for hydroxylation is 1. The summed E-state index contributed by atoms with van der Waals surface area (Å²) in [6.45, 7) is 1.73. The molecule has 0 aromatic heterocycles. The molecule has 6 atom stereocenters. The minimum absolute atomic E-state index is 0.0526. The fourth-order valence-electron chi connectivity index (χ4n) is 7.87. The Morgan fingerprint density at radius 2 is 1.64 bits per heavy atom. The van der Waals surface area contributed by atoms with Crippen molar-refractivity contribution in [2.24, 2.45) is 23.7 Å². The van der Waals surface area contributed by atoms with Crippen LogP contribution in [0.1, 0.15) is 35.4 Å². The Morgan fingerprint density at radius 1 is 0.932 bits per heavy atom. The number of imide groups is 2. The predicted molar refractivity (Wildman–Crippen MR) is 156 cm³/mol. The number of anilines is 1. The first-order chi connectivity index (χ1) is 21.0. The number of phenolic OH excluding ortho intramolecular Hbond substituents is 1. The van der Waals surface area contributed by atoms with Gasteiger partial charge < -0.3 is 5.11 Å². The average Bonchev–Trinajstić information content (AvgIpc) is 3.36. The molecule has 2 aliphatic heterocycles. The molecule has 4 amide bonds. The lowest BCUT2D eigenvalue weighted by molar-refractivity contribution is -0.173. The monoisotopic (exact) mass is 615 g/mol. The Labute approximate surface area is 256 Å². The fraction of sp³-hybridized carbons (Fsp3) is 0.273. The van der Waals surface area contributed by atoms with E-state index in [9.17, 15) is 33.9 Å². The lowest BCUT2D eigenvalue weighted by Gasteiger charge is -2.50. The Hall–Kier alpha value is -4.54. The van der Waals surface area contributed by atoms with Crippen molar-refractivity contribution >= 4 is 40.9 Å². The number of carbonyl (C=O) groups excluding carboxylic acids is 4. The number of nitrogens with zero attached hydrogens (tertiary/aromatic N) is 2. The second-order valence-electron chi connectivity index (χ2n) is 11.9. The van der Waals surface area contributed by atoms with Crippen LogP contribution in [0.3, 0.4) is 0 Å². The second-order valence-corrected chi connectivity index (χ2v) is 12.3. The van der Waals surface area contributed by atoms with E-state index in [0.717, 1.165) is 5.01 Å². The maximum absolute atomic E-state index is 14.9. The van der Waals surface area contributed by atoms with Crippen LogP contribution in [-0.2, 0) is 24.6 Å². The molecule has 1 saturated carbocycles. The van der Waals surface area contributed by atoms with Crippen LogP contribution in [0.5, 0.6) is 5.75 Å². The van der Waals surface area contributed by atoms with Crippen LogP contribution in [0.15, 0.2) is 78.4 Å². The van der Waals surface area contributed by atoms with Crippen LogP contribution in [-0.4, -0.2) is 44.0 Å². The molecule has 11 heteroatoms. The number of allylic oxidation sites excluding steroid dienone is 2. The van der Waals surface area contributed by atoms with Crippen molar-refractivity contribution in [2.45, 2.75) is 31.1 Å². The molecule has 224 valence electrons. The van der Waals surface area contributed by atoms with E-state index in [4.69, 9.17) is 11.6 Å². The summed E-state index contributed by atoms with van der Waals surface area (Å²) >= 11 is 6.27. The molecule has 0 unspecified atom stereocenters. The van der Waals surface area contributed by atoms with Gasteiger partial charge in [0.2, 0.25) is 0 Å². The minimum Gasteiger partial charge on any atom is -0.508 e. The average molecular weight is 616 g/mol. The van der Waals surface area contributed by atoms with Crippen LogP contribution < -0.4 is 5.43 Å². The van der Waals surface area contributed by atoms with Crippen molar-refractivity contribution in [1.82, 2.24) is 10.1 Å². The van der Waals surface area contributed by atoms with E-state index in [1.54, 1.807) is 43.3 Å². The van der Waals surface area contributed by atoms with Gasteiger partial charge in [-0.15, -0.1) is 0 Å². The number of aromatic hydroxyl groups is 1. The highest BCUT2D eigenvalue weighted by Gasteiger charge is 2.70. The molecule has 3 aromatic rings. The molecule has 4 aliphatic rings. The van der Waals surface area contributed by atoms with Gasteiger partial charge in [0.05, 0.1) is 28.9 Å². The largest absolute Gasteiger partial charge is 0.508 e. The summed E-state index contributed by atoms with van der Waals surface area (Å²) in [6, 6.07) is 17.0. The topological polar surface area (TPSA) is 127 Å². The quantitative estimate of drug-likeness (QED) is 0.217. The molecule has 2 saturated heterocycles. The summed E-state index contributed by atoms with van der Waals surface area (Å²) in [6.07, 6.45) is 2.10. The molecule has 3 aromatic carbocycles. The number of carbonyl (C=O) groups is 4. The summed E-state index contributed by atoms with van der Waals surface area (Å²) in [7, 11) is 0. The zero-order valence-electron chi connectivity index (χ0n) is 23.4. The van der Waals surface area contributed by atoms with Crippen molar-refractivity contribution in [1.29, 1.82) is 0 Å².